The Labute approximate surface area is 151 Å². The second kappa shape index (κ2) is 8.56. The van der Waals surface area contributed by atoms with Gasteiger partial charge < -0.3 is 10.1 Å². The molecule has 2 aromatic rings. The summed E-state index contributed by atoms with van der Waals surface area (Å²) in [5.41, 5.74) is 0. The molecule has 2 amide bonds. The van der Waals surface area contributed by atoms with Crippen LogP contribution in [0.25, 0.3) is 0 Å². The van der Waals surface area contributed by atoms with E-state index in [1.165, 1.54) is 34.4 Å². The van der Waals surface area contributed by atoms with E-state index in [0.29, 0.717) is 20.9 Å². The number of nitrogens with zero attached hydrogens (tertiary/aromatic N) is 2. The van der Waals surface area contributed by atoms with Crippen LogP contribution >= 0.6 is 34.4 Å². The van der Waals surface area contributed by atoms with E-state index in [1.54, 1.807) is 6.07 Å². The lowest BCUT2D eigenvalue weighted by molar-refractivity contribution is -0.119. The monoisotopic (exact) mass is 384 g/mol. The first-order valence-corrected chi connectivity index (χ1v) is 10.1. The Morgan fingerprint density at radius 2 is 2.33 bits per heavy atom. The topological polar surface area (TPSA) is 93.2 Å². The van der Waals surface area contributed by atoms with Crippen molar-refractivity contribution in [2.75, 3.05) is 24.2 Å². The summed E-state index contributed by atoms with van der Waals surface area (Å²) in [6.45, 7) is 1.33. The molecule has 1 atom stereocenters. The largest absolute Gasteiger partial charge is 0.376 e. The standard InChI is InChI=1S/C14H16N4O3S3/c19-11(15-7-9-3-1-5-21-9)8-23-14-18-17-13(24-14)16-12(20)10-4-2-6-22-10/h2,4,6,9H,1,3,5,7-8H2,(H,15,19)(H,16,17,20)/t9-/m0/s1. The molecule has 1 saturated heterocycles. The highest BCUT2D eigenvalue weighted by Crippen LogP contribution is 2.26. The molecule has 2 N–H and O–H groups in total. The average molecular weight is 385 g/mol. The van der Waals surface area contributed by atoms with E-state index < -0.39 is 0 Å². The van der Waals surface area contributed by atoms with Gasteiger partial charge in [-0.05, 0) is 24.3 Å². The van der Waals surface area contributed by atoms with Gasteiger partial charge in [0.1, 0.15) is 0 Å². The molecule has 1 aliphatic rings. The van der Waals surface area contributed by atoms with E-state index in [1.807, 2.05) is 11.4 Å². The first-order chi connectivity index (χ1) is 11.7. The summed E-state index contributed by atoms with van der Waals surface area (Å²) in [6.07, 6.45) is 2.19. The molecule has 3 heterocycles. The molecule has 2 aromatic heterocycles. The predicted octanol–water partition coefficient (Wildman–Crippen LogP) is 2.24. The van der Waals surface area contributed by atoms with Crippen LogP contribution in [0.15, 0.2) is 21.9 Å². The van der Waals surface area contributed by atoms with Crippen LogP contribution in [0.2, 0.25) is 0 Å². The van der Waals surface area contributed by atoms with Crippen molar-refractivity contribution in [2.24, 2.45) is 0 Å². The smallest absolute Gasteiger partial charge is 0.267 e. The number of rotatable bonds is 7. The SMILES string of the molecule is O=C(CSc1nnc(NC(=O)c2cccs2)s1)NC[C@@H]1CCCO1. The Hall–Kier alpha value is -1.49. The van der Waals surface area contributed by atoms with Gasteiger partial charge in [0.15, 0.2) is 4.34 Å². The summed E-state index contributed by atoms with van der Waals surface area (Å²) in [5, 5.41) is 15.7. The third-order valence-corrected chi connectivity index (χ3v) is 6.09. The van der Waals surface area contributed by atoms with Crippen molar-refractivity contribution in [3.8, 4) is 0 Å². The number of hydrogen-bond donors (Lipinski definition) is 2. The van der Waals surface area contributed by atoms with Crippen molar-refractivity contribution < 1.29 is 14.3 Å². The Morgan fingerprint density at radius 3 is 3.08 bits per heavy atom. The lowest BCUT2D eigenvalue weighted by Crippen LogP contribution is -2.32. The number of thioether (sulfide) groups is 1. The molecular weight excluding hydrogens is 368 g/mol. The summed E-state index contributed by atoms with van der Waals surface area (Å²) in [6, 6.07) is 3.56. The maximum Gasteiger partial charge on any atom is 0.267 e. The van der Waals surface area contributed by atoms with Crippen molar-refractivity contribution in [1.29, 1.82) is 0 Å². The first-order valence-electron chi connectivity index (χ1n) is 7.40. The van der Waals surface area contributed by atoms with Crippen LogP contribution < -0.4 is 10.6 Å². The summed E-state index contributed by atoms with van der Waals surface area (Å²) in [4.78, 5) is 24.3. The number of carbonyl (C=O) groups excluding carboxylic acids is 2. The predicted molar refractivity (Wildman–Crippen MR) is 94.9 cm³/mol. The third-order valence-electron chi connectivity index (χ3n) is 3.25. The Bertz CT molecular complexity index is 683. The lowest BCUT2D eigenvalue weighted by Gasteiger charge is -2.09. The number of ether oxygens (including phenoxy) is 1. The van der Waals surface area contributed by atoms with Crippen molar-refractivity contribution in [3.05, 3.63) is 22.4 Å². The lowest BCUT2D eigenvalue weighted by atomic mass is 10.2. The van der Waals surface area contributed by atoms with Crippen LogP contribution in [0.4, 0.5) is 5.13 Å². The zero-order chi connectivity index (χ0) is 16.8. The van der Waals surface area contributed by atoms with Gasteiger partial charge in [0.05, 0.1) is 16.7 Å². The van der Waals surface area contributed by atoms with Gasteiger partial charge in [-0.25, -0.2) is 0 Å². The second-order valence-corrected chi connectivity index (χ2v) is 8.18. The van der Waals surface area contributed by atoms with Gasteiger partial charge in [-0.2, -0.15) is 0 Å². The van der Waals surface area contributed by atoms with Crippen LogP contribution in [0.5, 0.6) is 0 Å². The van der Waals surface area contributed by atoms with E-state index in [-0.39, 0.29) is 23.7 Å². The molecule has 0 unspecified atom stereocenters. The number of carbonyl (C=O) groups is 2. The molecule has 1 fully saturated rings. The minimum absolute atomic E-state index is 0.0603. The van der Waals surface area contributed by atoms with E-state index in [9.17, 15) is 9.59 Å². The van der Waals surface area contributed by atoms with Gasteiger partial charge in [-0.3, -0.25) is 14.9 Å². The van der Waals surface area contributed by atoms with Crippen molar-refractivity contribution >= 4 is 51.4 Å². The fourth-order valence-corrected chi connectivity index (χ4v) is 4.29. The number of nitrogens with one attached hydrogen (secondary N) is 2. The molecule has 0 bridgehead atoms. The molecule has 0 aromatic carbocycles. The zero-order valence-electron chi connectivity index (χ0n) is 12.7. The Morgan fingerprint density at radius 1 is 1.42 bits per heavy atom. The highest BCUT2D eigenvalue weighted by atomic mass is 32.2. The van der Waals surface area contributed by atoms with Gasteiger partial charge in [-0.15, -0.1) is 21.5 Å². The molecule has 0 spiro atoms. The molecule has 7 nitrogen and oxygen atoms in total. The number of amides is 2. The summed E-state index contributed by atoms with van der Waals surface area (Å²) >= 11 is 3.92. The van der Waals surface area contributed by atoms with Crippen LogP contribution in [0.3, 0.4) is 0 Å². The molecule has 3 rings (SSSR count). The van der Waals surface area contributed by atoms with Crippen molar-refractivity contribution in [3.63, 3.8) is 0 Å². The van der Waals surface area contributed by atoms with Gasteiger partial charge in [0, 0.05) is 13.2 Å². The minimum atomic E-state index is -0.202. The molecule has 0 aliphatic carbocycles. The quantitative estimate of drug-likeness (QED) is 0.562. The van der Waals surface area contributed by atoms with Crippen molar-refractivity contribution in [2.45, 2.75) is 23.3 Å². The number of anilines is 1. The number of thiophene rings is 1. The first kappa shape index (κ1) is 17.3. The normalized spacial score (nSPS) is 16.9. The average Bonchev–Trinajstić information content (AvgIpc) is 3.32. The van der Waals surface area contributed by atoms with Crippen LogP contribution in [-0.2, 0) is 9.53 Å². The fourth-order valence-electron chi connectivity index (χ4n) is 2.10. The molecule has 24 heavy (non-hydrogen) atoms. The summed E-state index contributed by atoms with van der Waals surface area (Å²) in [5.74, 6) is 0.00196. The molecule has 0 radical (unpaired) electrons. The van der Waals surface area contributed by atoms with Crippen LogP contribution in [0.1, 0.15) is 22.5 Å². The van der Waals surface area contributed by atoms with Crippen LogP contribution in [-0.4, -0.2) is 47.0 Å². The molecule has 128 valence electrons. The van der Waals surface area contributed by atoms with Gasteiger partial charge in [0.2, 0.25) is 11.0 Å². The maximum absolute atomic E-state index is 11.9. The van der Waals surface area contributed by atoms with E-state index >= 15 is 0 Å². The van der Waals surface area contributed by atoms with E-state index in [2.05, 4.69) is 20.8 Å². The highest BCUT2D eigenvalue weighted by Gasteiger charge is 2.17. The van der Waals surface area contributed by atoms with E-state index in [0.717, 1.165) is 19.4 Å². The Balaban J connectivity index is 1.40. The summed E-state index contributed by atoms with van der Waals surface area (Å²) < 4.78 is 6.10. The fraction of sp³-hybridized carbons (Fsp3) is 0.429. The molecular formula is C14H16N4O3S3. The maximum atomic E-state index is 11.9. The van der Waals surface area contributed by atoms with E-state index in [4.69, 9.17) is 4.74 Å². The zero-order valence-corrected chi connectivity index (χ0v) is 15.1. The number of hydrogen-bond acceptors (Lipinski definition) is 8. The molecule has 0 saturated carbocycles. The van der Waals surface area contributed by atoms with Gasteiger partial charge >= 0.3 is 0 Å². The third kappa shape index (κ3) is 5.00. The summed E-state index contributed by atoms with van der Waals surface area (Å²) in [7, 11) is 0. The molecule has 1 aliphatic heterocycles. The number of aromatic nitrogens is 2. The van der Waals surface area contributed by atoms with Gasteiger partial charge in [0.25, 0.3) is 5.91 Å². The minimum Gasteiger partial charge on any atom is -0.376 e. The Kier molecular flexibility index (Phi) is 6.18. The highest BCUT2D eigenvalue weighted by molar-refractivity contribution is 8.01. The second-order valence-electron chi connectivity index (χ2n) is 5.03. The van der Waals surface area contributed by atoms with Crippen LogP contribution in [0, 0.1) is 0 Å². The van der Waals surface area contributed by atoms with Crippen molar-refractivity contribution in [1.82, 2.24) is 15.5 Å². The van der Waals surface area contributed by atoms with Gasteiger partial charge in [-0.1, -0.05) is 29.2 Å². The molecule has 10 heteroatoms.